The van der Waals surface area contributed by atoms with Gasteiger partial charge in [0.2, 0.25) is 0 Å². The van der Waals surface area contributed by atoms with Crippen LogP contribution in [0.3, 0.4) is 0 Å². The number of carboxylic acids is 1. The highest BCUT2D eigenvalue weighted by Gasteiger charge is 2.43. The number of aliphatic carboxylic acids is 1. The molecule has 3 aliphatic rings. The van der Waals surface area contributed by atoms with E-state index in [-0.39, 0.29) is 24.5 Å². The molecule has 0 radical (unpaired) electrons. The first-order valence-electron chi connectivity index (χ1n) is 11.4. The molecular weight excluding hydrogens is 446 g/mol. The Bertz CT molecular complexity index is 1030. The van der Waals surface area contributed by atoms with Crippen molar-refractivity contribution >= 4 is 29.1 Å². The normalized spacial score (nSPS) is 18.9. The van der Waals surface area contributed by atoms with Crippen LogP contribution in [0.5, 0.6) is 11.5 Å². The summed E-state index contributed by atoms with van der Waals surface area (Å²) in [7, 11) is 1.51. The number of Topliss-reactive ketones (excluding diaryl/α,β-unsaturated/α-hetero) is 2. The number of methoxy groups -OCH3 is 1. The molecule has 0 atom stereocenters. The van der Waals surface area contributed by atoms with Crippen LogP contribution >= 0.6 is 11.6 Å². The largest absolute Gasteiger partial charge is 0.491 e. The van der Waals surface area contributed by atoms with Gasteiger partial charge in [0.1, 0.15) is 0 Å². The lowest BCUT2D eigenvalue weighted by Gasteiger charge is -2.44. The van der Waals surface area contributed by atoms with E-state index in [1.807, 2.05) is 17.9 Å². The standard InChI is InChI=1S/C25H28ClNO6/c1-3-33-20-13-14(12-15(26)25(20)32-2)22-23-16(6-4-8-18(23)28)27(11-10-21(30)31)17-7-5-9-19(29)24(17)22/h12-13,22H,3-11H2,1-2H3,(H,30,31). The maximum absolute atomic E-state index is 13.3. The van der Waals surface area contributed by atoms with Crippen LogP contribution in [0.25, 0.3) is 0 Å². The van der Waals surface area contributed by atoms with Gasteiger partial charge in [0.25, 0.3) is 0 Å². The number of carbonyl (C=O) groups excluding carboxylic acids is 2. The van der Waals surface area contributed by atoms with Crippen molar-refractivity contribution in [3.63, 3.8) is 0 Å². The lowest BCUT2D eigenvalue weighted by Crippen LogP contribution is -2.39. The lowest BCUT2D eigenvalue weighted by atomic mass is 9.71. The number of ketones is 2. The second-order valence-corrected chi connectivity index (χ2v) is 8.88. The number of hydrogen-bond acceptors (Lipinski definition) is 6. The van der Waals surface area contributed by atoms with E-state index in [0.717, 1.165) is 11.4 Å². The number of ether oxygens (including phenoxy) is 2. The monoisotopic (exact) mass is 473 g/mol. The minimum Gasteiger partial charge on any atom is -0.491 e. The Labute approximate surface area is 198 Å². The van der Waals surface area contributed by atoms with Gasteiger partial charge in [-0.1, -0.05) is 11.6 Å². The predicted molar refractivity (Wildman–Crippen MR) is 123 cm³/mol. The van der Waals surface area contributed by atoms with Crippen LogP contribution in [0.15, 0.2) is 34.7 Å². The maximum Gasteiger partial charge on any atom is 0.305 e. The number of allylic oxidation sites excluding steroid dienone is 4. The molecule has 1 aromatic rings. The van der Waals surface area contributed by atoms with Gasteiger partial charge in [-0.3, -0.25) is 14.4 Å². The van der Waals surface area contributed by atoms with Crippen LogP contribution in [0.1, 0.15) is 63.4 Å². The van der Waals surface area contributed by atoms with Gasteiger partial charge in [0.05, 0.1) is 25.2 Å². The van der Waals surface area contributed by atoms with Crippen molar-refractivity contribution in [2.24, 2.45) is 0 Å². The van der Waals surface area contributed by atoms with E-state index in [1.165, 1.54) is 7.11 Å². The summed E-state index contributed by atoms with van der Waals surface area (Å²) in [5, 5.41) is 9.65. The third kappa shape index (κ3) is 4.26. The topological polar surface area (TPSA) is 93.1 Å². The fraction of sp³-hybridized carbons (Fsp3) is 0.480. The average molecular weight is 474 g/mol. The first kappa shape index (κ1) is 23.4. The molecule has 0 bridgehead atoms. The summed E-state index contributed by atoms with van der Waals surface area (Å²) in [5.41, 5.74) is 3.58. The molecule has 0 fully saturated rings. The Morgan fingerprint density at radius 3 is 2.21 bits per heavy atom. The Balaban J connectivity index is 1.94. The summed E-state index contributed by atoms with van der Waals surface area (Å²) < 4.78 is 11.2. The molecule has 1 N–H and O–H groups in total. The molecule has 8 heteroatoms. The SMILES string of the molecule is CCOc1cc(C2C3=C(CCCC3=O)N(CCC(=O)O)C3=C2C(=O)CCC3)cc(Cl)c1OC. The lowest BCUT2D eigenvalue weighted by molar-refractivity contribution is -0.137. The number of benzene rings is 1. The van der Waals surface area contributed by atoms with Crippen molar-refractivity contribution < 1.29 is 29.0 Å². The van der Waals surface area contributed by atoms with E-state index in [2.05, 4.69) is 0 Å². The van der Waals surface area contributed by atoms with Crippen LogP contribution in [-0.2, 0) is 14.4 Å². The number of hydrogen-bond donors (Lipinski definition) is 1. The van der Waals surface area contributed by atoms with Gasteiger partial charge in [-0.05, 0) is 50.3 Å². The summed E-state index contributed by atoms with van der Waals surface area (Å²) in [6.07, 6.45) is 3.50. The maximum atomic E-state index is 13.3. The van der Waals surface area contributed by atoms with E-state index in [9.17, 15) is 19.5 Å². The highest BCUT2D eigenvalue weighted by atomic mass is 35.5. The van der Waals surface area contributed by atoms with Crippen molar-refractivity contribution in [2.75, 3.05) is 20.3 Å². The highest BCUT2D eigenvalue weighted by Crippen LogP contribution is 2.51. The van der Waals surface area contributed by atoms with Crippen LogP contribution in [0, 0.1) is 0 Å². The molecule has 1 heterocycles. The molecule has 1 aliphatic heterocycles. The molecule has 0 amide bonds. The Hall–Kier alpha value is -2.80. The summed E-state index contributed by atoms with van der Waals surface area (Å²) in [6.45, 7) is 2.51. The van der Waals surface area contributed by atoms with E-state index in [4.69, 9.17) is 21.1 Å². The van der Waals surface area contributed by atoms with Gasteiger partial charge in [0, 0.05) is 47.8 Å². The molecule has 0 saturated heterocycles. The zero-order valence-electron chi connectivity index (χ0n) is 18.9. The highest BCUT2D eigenvalue weighted by molar-refractivity contribution is 6.32. The molecule has 4 rings (SSSR count). The van der Waals surface area contributed by atoms with Gasteiger partial charge in [-0.15, -0.1) is 0 Å². The smallest absolute Gasteiger partial charge is 0.305 e. The zero-order valence-corrected chi connectivity index (χ0v) is 19.7. The van der Waals surface area contributed by atoms with Gasteiger partial charge < -0.3 is 19.5 Å². The Kier molecular flexibility index (Phi) is 6.79. The Morgan fingerprint density at radius 2 is 1.70 bits per heavy atom. The third-order valence-electron chi connectivity index (χ3n) is 6.50. The van der Waals surface area contributed by atoms with E-state index >= 15 is 0 Å². The molecule has 0 saturated carbocycles. The molecule has 2 aliphatic carbocycles. The number of carboxylic acid groups (broad SMARTS) is 1. The summed E-state index contributed by atoms with van der Waals surface area (Å²) in [6, 6.07) is 3.56. The fourth-order valence-electron chi connectivity index (χ4n) is 5.24. The van der Waals surface area contributed by atoms with Crippen molar-refractivity contribution in [1.82, 2.24) is 4.90 Å². The molecule has 1 aromatic carbocycles. The second kappa shape index (κ2) is 9.59. The molecule has 176 valence electrons. The van der Waals surface area contributed by atoms with Gasteiger partial charge in [-0.2, -0.15) is 0 Å². The average Bonchev–Trinajstić information content (AvgIpc) is 2.77. The number of carbonyl (C=O) groups is 3. The van der Waals surface area contributed by atoms with Crippen molar-refractivity contribution in [2.45, 2.75) is 57.8 Å². The first-order valence-corrected chi connectivity index (χ1v) is 11.8. The molecule has 0 spiro atoms. The molecule has 0 aromatic heterocycles. The minimum absolute atomic E-state index is 0.00333. The van der Waals surface area contributed by atoms with E-state index in [1.54, 1.807) is 6.07 Å². The number of halogens is 1. The third-order valence-corrected chi connectivity index (χ3v) is 6.79. The molecule has 7 nitrogen and oxygen atoms in total. The van der Waals surface area contributed by atoms with Gasteiger partial charge in [-0.25, -0.2) is 0 Å². The van der Waals surface area contributed by atoms with E-state index in [0.29, 0.717) is 78.4 Å². The summed E-state index contributed by atoms with van der Waals surface area (Å²) in [5.74, 6) is -0.581. The summed E-state index contributed by atoms with van der Waals surface area (Å²) >= 11 is 6.54. The number of rotatable bonds is 7. The predicted octanol–water partition coefficient (Wildman–Crippen LogP) is 4.64. The first-order chi connectivity index (χ1) is 15.9. The molecular formula is C25H28ClNO6. The number of nitrogens with zero attached hydrogens (tertiary/aromatic N) is 1. The second-order valence-electron chi connectivity index (χ2n) is 8.47. The summed E-state index contributed by atoms with van der Waals surface area (Å²) in [4.78, 5) is 39.8. The van der Waals surface area contributed by atoms with Crippen LogP contribution in [0.2, 0.25) is 5.02 Å². The minimum atomic E-state index is -0.908. The van der Waals surface area contributed by atoms with Gasteiger partial charge in [0.15, 0.2) is 23.1 Å². The quantitative estimate of drug-likeness (QED) is 0.616. The van der Waals surface area contributed by atoms with Crippen LogP contribution < -0.4 is 9.47 Å². The molecule has 33 heavy (non-hydrogen) atoms. The fourth-order valence-corrected chi connectivity index (χ4v) is 5.54. The van der Waals surface area contributed by atoms with E-state index < -0.39 is 11.9 Å². The van der Waals surface area contributed by atoms with Crippen LogP contribution in [-0.4, -0.2) is 47.8 Å². The van der Waals surface area contributed by atoms with Crippen molar-refractivity contribution in [3.05, 3.63) is 45.3 Å². The van der Waals surface area contributed by atoms with Crippen LogP contribution in [0.4, 0.5) is 0 Å². The van der Waals surface area contributed by atoms with Crippen molar-refractivity contribution in [3.8, 4) is 11.5 Å². The Morgan fingerprint density at radius 1 is 1.09 bits per heavy atom. The van der Waals surface area contributed by atoms with Crippen molar-refractivity contribution in [1.29, 1.82) is 0 Å². The molecule has 0 unspecified atom stereocenters. The van der Waals surface area contributed by atoms with Gasteiger partial charge >= 0.3 is 5.97 Å². The zero-order chi connectivity index (χ0) is 23.7.